The number of thiazole rings is 1. The highest BCUT2D eigenvalue weighted by Crippen LogP contribution is 2.25. The maximum absolute atomic E-state index is 12.1. The van der Waals surface area contributed by atoms with Gasteiger partial charge in [0.05, 0.1) is 9.98 Å². The fourth-order valence-electron chi connectivity index (χ4n) is 2.30. The van der Waals surface area contributed by atoms with E-state index >= 15 is 0 Å². The average Bonchev–Trinajstić information content (AvgIpc) is 2.82. The van der Waals surface area contributed by atoms with Crippen molar-refractivity contribution >= 4 is 44.4 Å². The lowest BCUT2D eigenvalue weighted by Crippen LogP contribution is -2.42. The summed E-state index contributed by atoms with van der Waals surface area (Å²) in [6.07, 6.45) is 4.34. The molecule has 1 atom stereocenters. The molecule has 0 bridgehead atoms. The zero-order valence-electron chi connectivity index (χ0n) is 10.8. The van der Waals surface area contributed by atoms with E-state index in [0.29, 0.717) is 24.6 Å². The predicted molar refractivity (Wildman–Crippen MR) is 80.0 cm³/mol. The molecule has 1 unspecified atom stereocenters. The molecule has 0 radical (unpaired) electrons. The van der Waals surface area contributed by atoms with Gasteiger partial charge in [0.15, 0.2) is 5.13 Å². The molecule has 2 rings (SSSR count). The molecule has 2 amide bonds. The number of piperidine rings is 1. The third-order valence-corrected chi connectivity index (χ3v) is 4.66. The molecule has 0 aromatic carbocycles. The Bertz CT molecular complexity index is 494. The highest BCUT2D eigenvalue weighted by Gasteiger charge is 2.24. The Hall–Kier alpha value is -1.15. The number of carbonyl (C=O) groups is 2. The summed E-state index contributed by atoms with van der Waals surface area (Å²) in [4.78, 5) is 28.5. The summed E-state index contributed by atoms with van der Waals surface area (Å²) in [5.74, 6) is -0.507. The molecule has 110 valence electrons. The Morgan fingerprint density at radius 2 is 2.40 bits per heavy atom. The molecule has 1 aliphatic heterocycles. The fraction of sp³-hybridized carbons (Fsp3) is 0.583. The minimum Gasteiger partial charge on any atom is -0.481 e. The van der Waals surface area contributed by atoms with Crippen LogP contribution in [0, 0.1) is 5.92 Å². The number of amides is 2. The minimum absolute atomic E-state index is 0.160. The zero-order chi connectivity index (χ0) is 14.5. The molecule has 1 aliphatic rings. The molecular formula is C12H16BrN3O3S. The number of urea groups is 1. The molecular weight excluding hydrogens is 346 g/mol. The van der Waals surface area contributed by atoms with Crippen molar-refractivity contribution in [3.63, 3.8) is 0 Å². The minimum atomic E-state index is -0.779. The Kier molecular flexibility index (Phi) is 5.36. The Balaban J connectivity index is 1.84. The molecule has 6 nitrogen and oxygen atoms in total. The number of nitrogens with zero attached hydrogens (tertiary/aromatic N) is 2. The number of carboxylic acid groups (broad SMARTS) is 1. The van der Waals surface area contributed by atoms with Crippen LogP contribution in [0.4, 0.5) is 9.93 Å². The van der Waals surface area contributed by atoms with Crippen LogP contribution in [-0.4, -0.2) is 40.1 Å². The summed E-state index contributed by atoms with van der Waals surface area (Å²) in [5.41, 5.74) is 0. The van der Waals surface area contributed by atoms with Crippen LogP contribution in [-0.2, 0) is 4.79 Å². The van der Waals surface area contributed by atoms with Gasteiger partial charge in [-0.2, -0.15) is 0 Å². The molecule has 1 saturated heterocycles. The summed E-state index contributed by atoms with van der Waals surface area (Å²) in [7, 11) is 0. The third kappa shape index (κ3) is 4.45. The topological polar surface area (TPSA) is 82.5 Å². The summed E-state index contributed by atoms with van der Waals surface area (Å²) in [5, 5.41) is 12.0. The van der Waals surface area contributed by atoms with Crippen molar-refractivity contribution in [2.45, 2.75) is 25.7 Å². The first-order chi connectivity index (χ1) is 9.54. The second kappa shape index (κ2) is 7.03. The Morgan fingerprint density at radius 3 is 3.05 bits per heavy atom. The van der Waals surface area contributed by atoms with Crippen LogP contribution in [0.1, 0.15) is 25.7 Å². The van der Waals surface area contributed by atoms with Crippen molar-refractivity contribution in [1.82, 2.24) is 9.88 Å². The van der Waals surface area contributed by atoms with Crippen molar-refractivity contribution in [3.8, 4) is 0 Å². The van der Waals surface area contributed by atoms with Gasteiger partial charge in [-0.25, -0.2) is 9.78 Å². The zero-order valence-corrected chi connectivity index (χ0v) is 13.2. The molecule has 2 N–H and O–H groups in total. The summed E-state index contributed by atoms with van der Waals surface area (Å²) < 4.78 is 0.866. The Labute approximate surface area is 129 Å². The molecule has 0 aliphatic carbocycles. The number of rotatable bonds is 4. The highest BCUT2D eigenvalue weighted by molar-refractivity contribution is 9.11. The van der Waals surface area contributed by atoms with Crippen LogP contribution in [0.5, 0.6) is 0 Å². The maximum Gasteiger partial charge on any atom is 0.323 e. The number of anilines is 1. The van der Waals surface area contributed by atoms with Crippen molar-refractivity contribution in [2.24, 2.45) is 5.92 Å². The fourth-order valence-corrected chi connectivity index (χ4v) is 3.39. The second-order valence-electron chi connectivity index (χ2n) is 4.79. The quantitative estimate of drug-likeness (QED) is 0.863. The lowest BCUT2D eigenvalue weighted by molar-refractivity contribution is -0.137. The molecule has 1 fully saturated rings. The van der Waals surface area contributed by atoms with Crippen molar-refractivity contribution < 1.29 is 14.7 Å². The molecule has 2 heterocycles. The van der Waals surface area contributed by atoms with Crippen LogP contribution in [0.15, 0.2) is 9.98 Å². The number of aromatic nitrogens is 1. The standard InChI is InChI=1S/C12H16BrN3O3S/c13-9-6-14-11(20-9)15-12(19)16-5-1-2-8(7-16)3-4-10(17)18/h6,8H,1-5,7H2,(H,17,18)(H,14,15,19). The van der Waals surface area contributed by atoms with E-state index in [2.05, 4.69) is 26.2 Å². The molecule has 20 heavy (non-hydrogen) atoms. The number of aliphatic carboxylic acids is 1. The first kappa shape index (κ1) is 15.2. The van der Waals surface area contributed by atoms with E-state index in [1.165, 1.54) is 11.3 Å². The van der Waals surface area contributed by atoms with Gasteiger partial charge in [-0.1, -0.05) is 11.3 Å². The molecule has 8 heteroatoms. The van der Waals surface area contributed by atoms with E-state index in [1.54, 1.807) is 11.1 Å². The number of nitrogens with one attached hydrogen (secondary N) is 1. The lowest BCUT2D eigenvalue weighted by atomic mass is 9.93. The summed E-state index contributed by atoms with van der Waals surface area (Å²) in [6.45, 7) is 1.33. The van der Waals surface area contributed by atoms with E-state index in [1.807, 2.05) is 0 Å². The van der Waals surface area contributed by atoms with Gasteiger partial charge in [0.2, 0.25) is 0 Å². The van der Waals surface area contributed by atoms with E-state index < -0.39 is 5.97 Å². The number of hydrogen-bond donors (Lipinski definition) is 2. The normalized spacial score (nSPS) is 18.9. The number of carbonyl (C=O) groups excluding carboxylic acids is 1. The number of hydrogen-bond acceptors (Lipinski definition) is 4. The van der Waals surface area contributed by atoms with Crippen molar-refractivity contribution in [2.75, 3.05) is 18.4 Å². The first-order valence-electron chi connectivity index (χ1n) is 6.43. The molecule has 0 saturated carbocycles. The maximum atomic E-state index is 12.1. The predicted octanol–water partition coefficient (Wildman–Crippen LogP) is 3.01. The first-order valence-corrected chi connectivity index (χ1v) is 8.04. The summed E-state index contributed by atoms with van der Waals surface area (Å²) >= 11 is 4.66. The van der Waals surface area contributed by atoms with Gasteiger partial charge in [0.1, 0.15) is 0 Å². The van der Waals surface area contributed by atoms with Crippen LogP contribution in [0.2, 0.25) is 0 Å². The van der Waals surface area contributed by atoms with Gasteiger partial charge in [0, 0.05) is 19.5 Å². The number of halogens is 1. The number of carboxylic acids is 1. The monoisotopic (exact) mass is 361 g/mol. The third-order valence-electron chi connectivity index (χ3n) is 3.26. The van der Waals surface area contributed by atoms with E-state index in [0.717, 1.165) is 16.6 Å². The summed E-state index contributed by atoms with van der Waals surface area (Å²) in [6, 6.07) is -0.160. The van der Waals surface area contributed by atoms with Crippen LogP contribution in [0.3, 0.4) is 0 Å². The molecule has 0 spiro atoms. The SMILES string of the molecule is O=C(O)CCC1CCCN(C(=O)Nc2ncc(Br)s2)C1. The van der Waals surface area contributed by atoms with E-state index in [4.69, 9.17) is 5.11 Å². The second-order valence-corrected chi connectivity index (χ2v) is 7.20. The van der Waals surface area contributed by atoms with E-state index in [-0.39, 0.29) is 18.4 Å². The van der Waals surface area contributed by atoms with Gasteiger partial charge < -0.3 is 10.0 Å². The van der Waals surface area contributed by atoms with Gasteiger partial charge in [-0.3, -0.25) is 10.1 Å². The van der Waals surface area contributed by atoms with Crippen LogP contribution in [0.25, 0.3) is 0 Å². The van der Waals surface area contributed by atoms with Gasteiger partial charge in [-0.05, 0) is 41.1 Å². The van der Waals surface area contributed by atoms with Gasteiger partial charge >= 0.3 is 12.0 Å². The Morgan fingerprint density at radius 1 is 1.60 bits per heavy atom. The highest BCUT2D eigenvalue weighted by atomic mass is 79.9. The number of likely N-dealkylation sites (tertiary alicyclic amines) is 1. The largest absolute Gasteiger partial charge is 0.481 e. The van der Waals surface area contributed by atoms with Gasteiger partial charge in [0.25, 0.3) is 0 Å². The van der Waals surface area contributed by atoms with Gasteiger partial charge in [-0.15, -0.1) is 0 Å². The van der Waals surface area contributed by atoms with Crippen LogP contribution < -0.4 is 5.32 Å². The average molecular weight is 362 g/mol. The molecule has 1 aromatic heterocycles. The van der Waals surface area contributed by atoms with E-state index in [9.17, 15) is 9.59 Å². The van der Waals surface area contributed by atoms with Crippen LogP contribution >= 0.6 is 27.3 Å². The molecule has 1 aromatic rings. The van der Waals surface area contributed by atoms with Crippen molar-refractivity contribution in [1.29, 1.82) is 0 Å². The van der Waals surface area contributed by atoms with Crippen molar-refractivity contribution in [3.05, 3.63) is 9.98 Å². The lowest BCUT2D eigenvalue weighted by Gasteiger charge is -2.32. The smallest absolute Gasteiger partial charge is 0.323 e.